The van der Waals surface area contributed by atoms with Gasteiger partial charge in [0.05, 0.1) is 22.3 Å². The molecule has 8 heteroatoms. The van der Waals surface area contributed by atoms with Crippen molar-refractivity contribution in [2.45, 2.75) is 19.9 Å². The van der Waals surface area contributed by atoms with Gasteiger partial charge in [-0.15, -0.1) is 0 Å². The quantitative estimate of drug-likeness (QED) is 0.716. The first kappa shape index (κ1) is 21.7. The van der Waals surface area contributed by atoms with Crippen molar-refractivity contribution in [3.63, 3.8) is 0 Å². The molecule has 28 heavy (non-hydrogen) atoms. The standard InChI is InChI=1S/C20H21Cl2N3O3/c1-3-25(12-17(26)24-18-15(21)10-7-11-16(18)22)20(28)13(2)23-19(27)14-8-5-4-6-9-14/h4-11,13H,3,12H2,1-2H3,(H,23,27)(H,24,26). The molecule has 0 radical (unpaired) electrons. The van der Waals surface area contributed by atoms with E-state index < -0.39 is 11.9 Å². The average Bonchev–Trinajstić information content (AvgIpc) is 2.69. The summed E-state index contributed by atoms with van der Waals surface area (Å²) in [5.74, 6) is -1.16. The topological polar surface area (TPSA) is 78.5 Å². The van der Waals surface area contributed by atoms with Gasteiger partial charge in [0.1, 0.15) is 6.04 Å². The molecule has 0 bridgehead atoms. The van der Waals surface area contributed by atoms with Gasteiger partial charge in [0, 0.05) is 12.1 Å². The summed E-state index contributed by atoms with van der Waals surface area (Å²) in [5, 5.41) is 5.88. The molecule has 0 saturated heterocycles. The van der Waals surface area contributed by atoms with Crippen molar-refractivity contribution in [2.24, 2.45) is 0 Å². The second-order valence-electron chi connectivity index (χ2n) is 6.06. The van der Waals surface area contributed by atoms with E-state index in [-0.39, 0.29) is 18.4 Å². The molecule has 0 aliphatic rings. The number of nitrogens with zero attached hydrogens (tertiary/aromatic N) is 1. The molecular formula is C20H21Cl2N3O3. The summed E-state index contributed by atoms with van der Waals surface area (Å²) >= 11 is 12.1. The van der Waals surface area contributed by atoms with Gasteiger partial charge in [-0.1, -0.05) is 47.5 Å². The van der Waals surface area contributed by atoms with Crippen molar-refractivity contribution in [3.8, 4) is 0 Å². The molecule has 1 atom stereocenters. The van der Waals surface area contributed by atoms with E-state index in [0.717, 1.165) is 0 Å². The van der Waals surface area contributed by atoms with Crippen molar-refractivity contribution >= 4 is 46.6 Å². The normalized spacial score (nSPS) is 11.4. The minimum atomic E-state index is -0.788. The van der Waals surface area contributed by atoms with Gasteiger partial charge in [-0.25, -0.2) is 0 Å². The van der Waals surface area contributed by atoms with E-state index in [2.05, 4.69) is 10.6 Å². The Kier molecular flexibility index (Phi) is 7.84. The van der Waals surface area contributed by atoms with Crippen LogP contribution >= 0.6 is 23.2 Å². The van der Waals surface area contributed by atoms with Crippen LogP contribution in [0.3, 0.4) is 0 Å². The third-order valence-corrected chi connectivity index (χ3v) is 4.64. The summed E-state index contributed by atoms with van der Waals surface area (Å²) in [4.78, 5) is 38.6. The van der Waals surface area contributed by atoms with E-state index in [9.17, 15) is 14.4 Å². The number of amides is 3. The second kappa shape index (κ2) is 10.1. The molecule has 0 aliphatic carbocycles. The van der Waals surface area contributed by atoms with E-state index in [1.807, 2.05) is 0 Å². The minimum Gasteiger partial charge on any atom is -0.341 e. The maximum absolute atomic E-state index is 12.6. The number of para-hydroxylation sites is 1. The van der Waals surface area contributed by atoms with E-state index in [1.54, 1.807) is 62.4 Å². The first-order valence-electron chi connectivity index (χ1n) is 8.72. The molecule has 0 saturated carbocycles. The molecule has 0 heterocycles. The highest BCUT2D eigenvalue weighted by Gasteiger charge is 2.23. The first-order chi connectivity index (χ1) is 13.3. The molecule has 2 aromatic rings. The van der Waals surface area contributed by atoms with Crippen LogP contribution < -0.4 is 10.6 Å². The molecular weight excluding hydrogens is 401 g/mol. The fourth-order valence-electron chi connectivity index (χ4n) is 2.52. The lowest BCUT2D eigenvalue weighted by Crippen LogP contribution is -2.49. The predicted octanol–water partition coefficient (Wildman–Crippen LogP) is 3.60. The summed E-state index contributed by atoms with van der Waals surface area (Å²) in [6, 6.07) is 12.7. The van der Waals surface area contributed by atoms with Crippen molar-refractivity contribution in [1.29, 1.82) is 0 Å². The Morgan fingerprint density at radius 2 is 1.61 bits per heavy atom. The molecule has 2 rings (SSSR count). The lowest BCUT2D eigenvalue weighted by atomic mass is 10.2. The van der Waals surface area contributed by atoms with Gasteiger partial charge in [0.25, 0.3) is 5.91 Å². The zero-order chi connectivity index (χ0) is 20.7. The molecule has 0 aromatic heterocycles. The number of benzene rings is 2. The van der Waals surface area contributed by atoms with Gasteiger partial charge >= 0.3 is 0 Å². The Labute approximate surface area is 173 Å². The maximum Gasteiger partial charge on any atom is 0.251 e. The molecule has 0 spiro atoms. The molecule has 2 aromatic carbocycles. The first-order valence-corrected chi connectivity index (χ1v) is 9.47. The van der Waals surface area contributed by atoms with Gasteiger partial charge in [-0.05, 0) is 38.1 Å². The van der Waals surface area contributed by atoms with Gasteiger partial charge in [0.15, 0.2) is 0 Å². The highest BCUT2D eigenvalue weighted by atomic mass is 35.5. The van der Waals surface area contributed by atoms with Crippen molar-refractivity contribution < 1.29 is 14.4 Å². The Bertz CT molecular complexity index is 839. The van der Waals surface area contributed by atoms with Crippen LogP contribution in [0.15, 0.2) is 48.5 Å². The summed E-state index contributed by atoms with van der Waals surface area (Å²) in [6.07, 6.45) is 0. The number of halogens is 2. The van der Waals surface area contributed by atoms with Crippen LogP contribution in [0.1, 0.15) is 24.2 Å². The van der Waals surface area contributed by atoms with Crippen molar-refractivity contribution in [2.75, 3.05) is 18.4 Å². The van der Waals surface area contributed by atoms with Gasteiger partial charge in [-0.2, -0.15) is 0 Å². The van der Waals surface area contributed by atoms with Gasteiger partial charge in [-0.3, -0.25) is 14.4 Å². The minimum absolute atomic E-state index is 0.192. The van der Waals surface area contributed by atoms with Gasteiger partial charge in [0.2, 0.25) is 11.8 Å². The zero-order valence-corrected chi connectivity index (χ0v) is 17.1. The van der Waals surface area contributed by atoms with Crippen LogP contribution in [0.2, 0.25) is 10.0 Å². The number of nitrogens with one attached hydrogen (secondary N) is 2. The summed E-state index contributed by atoms with van der Waals surface area (Å²) < 4.78 is 0. The van der Waals surface area contributed by atoms with E-state index in [0.29, 0.717) is 27.8 Å². The maximum atomic E-state index is 12.6. The highest BCUT2D eigenvalue weighted by Crippen LogP contribution is 2.29. The molecule has 6 nitrogen and oxygen atoms in total. The summed E-state index contributed by atoms with van der Waals surface area (Å²) in [7, 11) is 0. The van der Waals surface area contributed by atoms with E-state index >= 15 is 0 Å². The van der Waals surface area contributed by atoms with Crippen LogP contribution in [0.5, 0.6) is 0 Å². The van der Waals surface area contributed by atoms with E-state index in [4.69, 9.17) is 23.2 Å². The monoisotopic (exact) mass is 421 g/mol. The number of likely N-dealkylation sites (N-methyl/N-ethyl adjacent to an activating group) is 1. The number of carbonyl (C=O) groups excluding carboxylic acids is 3. The summed E-state index contributed by atoms with van der Waals surface area (Å²) in [6.45, 7) is 3.44. The molecule has 3 amide bonds. The number of carbonyl (C=O) groups is 3. The lowest BCUT2D eigenvalue weighted by Gasteiger charge is -2.24. The van der Waals surface area contributed by atoms with Crippen LogP contribution in [0, 0.1) is 0 Å². The van der Waals surface area contributed by atoms with Crippen LogP contribution in [0.4, 0.5) is 5.69 Å². The second-order valence-corrected chi connectivity index (χ2v) is 6.87. The Balaban J connectivity index is 1.98. The highest BCUT2D eigenvalue weighted by molar-refractivity contribution is 6.39. The Morgan fingerprint density at radius 3 is 2.18 bits per heavy atom. The lowest BCUT2D eigenvalue weighted by molar-refractivity contribution is -0.135. The fourth-order valence-corrected chi connectivity index (χ4v) is 3.01. The predicted molar refractivity (Wildman–Crippen MR) is 111 cm³/mol. The molecule has 148 valence electrons. The molecule has 2 N–H and O–H groups in total. The van der Waals surface area contributed by atoms with Crippen LogP contribution in [0.25, 0.3) is 0 Å². The van der Waals surface area contributed by atoms with Gasteiger partial charge < -0.3 is 15.5 Å². The molecule has 1 unspecified atom stereocenters. The SMILES string of the molecule is CCN(CC(=O)Nc1c(Cl)cccc1Cl)C(=O)C(C)NC(=O)c1ccccc1. The smallest absolute Gasteiger partial charge is 0.251 e. The van der Waals surface area contributed by atoms with E-state index in [1.165, 1.54) is 4.90 Å². The Morgan fingerprint density at radius 1 is 1.00 bits per heavy atom. The molecule has 0 aliphatic heterocycles. The third kappa shape index (κ3) is 5.71. The number of anilines is 1. The Hall–Kier alpha value is -2.57. The van der Waals surface area contributed by atoms with Crippen LogP contribution in [-0.4, -0.2) is 41.8 Å². The van der Waals surface area contributed by atoms with Crippen molar-refractivity contribution in [1.82, 2.24) is 10.2 Å². The molecule has 0 fully saturated rings. The number of rotatable bonds is 7. The largest absolute Gasteiger partial charge is 0.341 e. The number of hydrogen-bond donors (Lipinski definition) is 2. The third-order valence-electron chi connectivity index (χ3n) is 4.01. The average molecular weight is 422 g/mol. The number of hydrogen-bond acceptors (Lipinski definition) is 3. The fraction of sp³-hybridized carbons (Fsp3) is 0.250. The zero-order valence-electron chi connectivity index (χ0n) is 15.5. The van der Waals surface area contributed by atoms with Crippen LogP contribution in [-0.2, 0) is 9.59 Å². The summed E-state index contributed by atoms with van der Waals surface area (Å²) in [5.41, 5.74) is 0.751. The van der Waals surface area contributed by atoms with Crippen molar-refractivity contribution in [3.05, 3.63) is 64.1 Å².